The van der Waals surface area contributed by atoms with Crippen LogP contribution in [0.5, 0.6) is 5.75 Å². The van der Waals surface area contributed by atoms with Crippen molar-refractivity contribution in [2.75, 3.05) is 26.2 Å². The number of ether oxygens (including phenoxy) is 1. The van der Waals surface area contributed by atoms with Crippen molar-refractivity contribution in [3.63, 3.8) is 0 Å². The van der Waals surface area contributed by atoms with Crippen molar-refractivity contribution in [3.05, 3.63) is 81.5 Å². The Hall–Kier alpha value is -2.68. The largest absolute Gasteiger partial charge is 0.491 e. The molecule has 210 valence electrons. The number of hydrogen-bond acceptors (Lipinski definition) is 5. The van der Waals surface area contributed by atoms with Crippen LogP contribution in [-0.4, -0.2) is 49.8 Å². The van der Waals surface area contributed by atoms with Crippen molar-refractivity contribution in [3.8, 4) is 5.75 Å². The van der Waals surface area contributed by atoms with E-state index in [4.69, 9.17) is 4.74 Å². The fraction of sp³-hybridized carbons (Fsp3) is 0.452. The number of thiophene rings is 1. The van der Waals surface area contributed by atoms with Crippen LogP contribution in [0, 0.1) is 12.8 Å². The summed E-state index contributed by atoms with van der Waals surface area (Å²) in [5, 5.41) is 2.06. The van der Waals surface area contributed by atoms with Gasteiger partial charge in [0.1, 0.15) is 12.4 Å². The summed E-state index contributed by atoms with van der Waals surface area (Å²) in [5.74, 6) is 1.12. The van der Waals surface area contributed by atoms with Gasteiger partial charge < -0.3 is 9.64 Å². The van der Waals surface area contributed by atoms with Crippen molar-refractivity contribution in [1.82, 2.24) is 9.21 Å². The molecule has 0 saturated heterocycles. The lowest BCUT2D eigenvalue weighted by Crippen LogP contribution is -2.48. The maximum atomic E-state index is 13.9. The van der Waals surface area contributed by atoms with Crippen LogP contribution in [0.2, 0.25) is 0 Å². The van der Waals surface area contributed by atoms with Crippen LogP contribution < -0.4 is 4.74 Å². The first-order valence-corrected chi connectivity index (χ1v) is 16.1. The van der Waals surface area contributed by atoms with Gasteiger partial charge in [-0.25, -0.2) is 8.42 Å². The van der Waals surface area contributed by atoms with E-state index in [1.54, 1.807) is 35.6 Å². The van der Waals surface area contributed by atoms with Crippen LogP contribution in [0.4, 0.5) is 0 Å². The van der Waals surface area contributed by atoms with E-state index in [2.05, 4.69) is 37.4 Å². The number of fused-ring (bicyclic) bond motifs is 1. The average molecular weight is 569 g/mol. The van der Waals surface area contributed by atoms with Crippen LogP contribution in [-0.2, 0) is 21.2 Å². The van der Waals surface area contributed by atoms with E-state index in [-0.39, 0.29) is 29.3 Å². The normalized spacial score (nSPS) is 16.4. The highest BCUT2D eigenvalue weighted by Crippen LogP contribution is 2.34. The molecule has 2 atom stereocenters. The molecule has 0 spiro atoms. The molecule has 8 heteroatoms. The van der Waals surface area contributed by atoms with E-state index in [0.717, 1.165) is 29.7 Å². The third kappa shape index (κ3) is 6.91. The van der Waals surface area contributed by atoms with Crippen molar-refractivity contribution >= 4 is 27.3 Å². The lowest BCUT2D eigenvalue weighted by atomic mass is 10.00. The molecule has 0 radical (unpaired) electrons. The van der Waals surface area contributed by atoms with E-state index >= 15 is 0 Å². The molecule has 0 bridgehead atoms. The molecular formula is C31H40N2O4S2. The molecule has 0 saturated carbocycles. The van der Waals surface area contributed by atoms with Gasteiger partial charge in [0.15, 0.2) is 0 Å². The molecular weight excluding hydrogens is 528 g/mol. The molecule has 39 heavy (non-hydrogen) atoms. The van der Waals surface area contributed by atoms with Crippen LogP contribution >= 0.6 is 11.3 Å². The number of amides is 1. The van der Waals surface area contributed by atoms with Crippen molar-refractivity contribution in [2.45, 2.75) is 64.3 Å². The van der Waals surface area contributed by atoms with Gasteiger partial charge >= 0.3 is 0 Å². The number of aryl methyl sites for hydroxylation is 1. The summed E-state index contributed by atoms with van der Waals surface area (Å²) in [7, 11) is -3.83. The second kappa shape index (κ2) is 12.7. The lowest BCUT2D eigenvalue weighted by molar-refractivity contribution is -0.135. The first-order valence-electron chi connectivity index (χ1n) is 13.8. The molecule has 1 aliphatic rings. The fourth-order valence-corrected chi connectivity index (χ4v) is 7.26. The second-order valence-electron chi connectivity index (χ2n) is 10.8. The van der Waals surface area contributed by atoms with Gasteiger partial charge in [0, 0.05) is 18.0 Å². The van der Waals surface area contributed by atoms with Crippen molar-refractivity contribution in [2.24, 2.45) is 5.92 Å². The minimum atomic E-state index is -3.83. The third-order valence-corrected chi connectivity index (χ3v) is 10.4. The SMILES string of the molecule is CC[C@H](C)CN(CC(=O)N1CCc2sccc2[C@@H]1COc1ccc(C(C)C)cc1)S(=O)(=O)c1ccc(C)cc1. The summed E-state index contributed by atoms with van der Waals surface area (Å²) in [6.45, 7) is 11.2. The highest BCUT2D eigenvalue weighted by molar-refractivity contribution is 7.89. The molecule has 3 aromatic rings. The van der Waals surface area contributed by atoms with Gasteiger partial charge in [-0.15, -0.1) is 11.3 Å². The van der Waals surface area contributed by atoms with Crippen molar-refractivity contribution in [1.29, 1.82) is 0 Å². The minimum Gasteiger partial charge on any atom is -0.491 e. The number of nitrogens with zero attached hydrogens (tertiary/aromatic N) is 2. The van der Waals surface area contributed by atoms with Crippen LogP contribution in [0.1, 0.15) is 67.6 Å². The summed E-state index contributed by atoms with van der Waals surface area (Å²) in [4.78, 5) is 17.1. The smallest absolute Gasteiger partial charge is 0.243 e. The number of carbonyl (C=O) groups excluding carboxylic acids is 1. The van der Waals surface area contributed by atoms with Gasteiger partial charge in [-0.3, -0.25) is 4.79 Å². The third-order valence-electron chi connectivity index (χ3n) is 7.55. The second-order valence-corrected chi connectivity index (χ2v) is 13.7. The van der Waals surface area contributed by atoms with E-state index in [0.29, 0.717) is 25.6 Å². The Morgan fingerprint density at radius 3 is 2.41 bits per heavy atom. The molecule has 2 aromatic carbocycles. The van der Waals surface area contributed by atoms with Crippen molar-refractivity contribution < 1.29 is 17.9 Å². The number of hydrogen-bond donors (Lipinski definition) is 0. The molecule has 1 aromatic heterocycles. The summed E-state index contributed by atoms with van der Waals surface area (Å²) < 4.78 is 34.9. The number of rotatable bonds is 11. The molecule has 0 fully saturated rings. The van der Waals surface area contributed by atoms with Crippen LogP contribution in [0.3, 0.4) is 0 Å². The number of benzene rings is 2. The summed E-state index contributed by atoms with van der Waals surface area (Å²) in [6, 6.07) is 16.7. The standard InChI is InChI=1S/C31H40N2O4S2/c1-6-23(4)19-32(39(35,36)27-13-7-24(5)8-14-27)20-31(34)33-17-15-30-28(16-18-38-30)29(33)21-37-26-11-9-25(10-12-26)22(2)3/h7-14,16,18,22-23,29H,6,15,17,19-21H2,1-5H3/t23-,29-/m0/s1. The average Bonchev–Trinajstić information content (AvgIpc) is 3.41. The highest BCUT2D eigenvalue weighted by atomic mass is 32.2. The molecule has 1 aliphatic heterocycles. The topological polar surface area (TPSA) is 66.9 Å². The van der Waals surface area contributed by atoms with Crippen LogP contribution in [0.25, 0.3) is 0 Å². The predicted octanol–water partition coefficient (Wildman–Crippen LogP) is 6.42. The molecule has 0 aliphatic carbocycles. The summed E-state index contributed by atoms with van der Waals surface area (Å²) in [6.07, 6.45) is 1.58. The Balaban J connectivity index is 1.56. The van der Waals surface area contributed by atoms with E-state index in [1.165, 1.54) is 14.7 Å². The zero-order valence-corrected chi connectivity index (χ0v) is 25.2. The van der Waals surface area contributed by atoms with Gasteiger partial charge in [0.2, 0.25) is 15.9 Å². The lowest BCUT2D eigenvalue weighted by Gasteiger charge is -2.37. The highest BCUT2D eigenvalue weighted by Gasteiger charge is 2.35. The quantitative estimate of drug-likeness (QED) is 0.268. The van der Waals surface area contributed by atoms with E-state index in [1.807, 2.05) is 37.8 Å². The van der Waals surface area contributed by atoms with Gasteiger partial charge in [-0.1, -0.05) is 63.9 Å². The van der Waals surface area contributed by atoms with Gasteiger partial charge in [0.05, 0.1) is 17.5 Å². The summed E-state index contributed by atoms with van der Waals surface area (Å²) in [5.41, 5.74) is 3.32. The first kappa shape index (κ1) is 29.3. The number of carbonyl (C=O) groups is 1. The van der Waals surface area contributed by atoms with E-state index < -0.39 is 10.0 Å². The van der Waals surface area contributed by atoms with E-state index in [9.17, 15) is 13.2 Å². The zero-order chi connectivity index (χ0) is 28.2. The van der Waals surface area contributed by atoms with Gasteiger partial charge in [0.25, 0.3) is 0 Å². The molecule has 1 amide bonds. The maximum absolute atomic E-state index is 13.9. The Morgan fingerprint density at radius 2 is 1.77 bits per heavy atom. The Labute approximate surface area is 237 Å². The molecule has 0 N–H and O–H groups in total. The Kier molecular flexibility index (Phi) is 9.51. The predicted molar refractivity (Wildman–Crippen MR) is 158 cm³/mol. The molecule has 6 nitrogen and oxygen atoms in total. The van der Waals surface area contributed by atoms with Gasteiger partial charge in [-0.2, -0.15) is 4.31 Å². The first-order chi connectivity index (χ1) is 18.6. The Morgan fingerprint density at radius 1 is 1.08 bits per heavy atom. The fourth-order valence-electron chi connectivity index (χ4n) is 4.82. The molecule has 4 rings (SSSR count). The minimum absolute atomic E-state index is 0.121. The maximum Gasteiger partial charge on any atom is 0.243 e. The Bertz CT molecular complexity index is 1350. The number of sulfonamides is 1. The summed E-state index contributed by atoms with van der Waals surface area (Å²) >= 11 is 1.70. The monoisotopic (exact) mass is 568 g/mol. The molecule has 2 heterocycles. The molecule has 0 unspecified atom stereocenters. The zero-order valence-electron chi connectivity index (χ0n) is 23.6. The van der Waals surface area contributed by atoms with Gasteiger partial charge in [-0.05, 0) is 72.0 Å². The van der Waals surface area contributed by atoms with Crippen LogP contribution in [0.15, 0.2) is 64.9 Å².